The van der Waals surface area contributed by atoms with Crippen molar-refractivity contribution in [3.05, 3.63) is 76.2 Å². The van der Waals surface area contributed by atoms with Gasteiger partial charge in [-0.05, 0) is 42.7 Å². The fraction of sp³-hybridized carbons (Fsp3) is 0.364. The van der Waals surface area contributed by atoms with Crippen molar-refractivity contribution in [1.82, 2.24) is 24.6 Å². The van der Waals surface area contributed by atoms with Gasteiger partial charge in [-0.1, -0.05) is 24.6 Å². The van der Waals surface area contributed by atoms with Crippen molar-refractivity contribution in [2.24, 2.45) is 0 Å². The van der Waals surface area contributed by atoms with Crippen molar-refractivity contribution < 1.29 is 9.53 Å². The first kappa shape index (κ1) is 19.9. The lowest BCUT2D eigenvalue weighted by atomic mass is 10.2. The van der Waals surface area contributed by atoms with Crippen LogP contribution in [-0.2, 0) is 37.5 Å². The highest BCUT2D eigenvalue weighted by Gasteiger charge is 2.17. The molecular formula is C22H25N5O3. The Morgan fingerprint density at radius 2 is 2.07 bits per heavy atom. The number of benzene rings is 1. The Bertz CT molecular complexity index is 1060. The van der Waals surface area contributed by atoms with Gasteiger partial charge in [0.05, 0.1) is 5.69 Å². The second kappa shape index (κ2) is 9.39. The van der Waals surface area contributed by atoms with Crippen molar-refractivity contribution in [2.45, 2.75) is 51.9 Å². The van der Waals surface area contributed by atoms with Gasteiger partial charge in [-0.2, -0.15) is 5.10 Å². The SMILES string of the molecule is O=C(Cn1nc2n(c1=O)CCCCC2)NCc1cccc(OCc2ccccn2)c1. The normalized spacial score (nSPS) is 13.3. The fourth-order valence-electron chi connectivity index (χ4n) is 3.51. The number of nitrogens with zero attached hydrogens (tertiary/aromatic N) is 4. The van der Waals surface area contributed by atoms with Gasteiger partial charge in [-0.25, -0.2) is 9.48 Å². The molecule has 3 heterocycles. The Hall–Kier alpha value is -3.42. The third-order valence-corrected chi connectivity index (χ3v) is 5.08. The van der Waals surface area contributed by atoms with Crippen LogP contribution in [0.1, 0.15) is 36.3 Å². The summed E-state index contributed by atoms with van der Waals surface area (Å²) in [4.78, 5) is 29.1. The van der Waals surface area contributed by atoms with Gasteiger partial charge in [-0.15, -0.1) is 0 Å². The molecule has 1 N–H and O–H groups in total. The minimum Gasteiger partial charge on any atom is -0.487 e. The van der Waals surface area contributed by atoms with Crippen LogP contribution in [-0.4, -0.2) is 25.2 Å². The van der Waals surface area contributed by atoms with E-state index in [4.69, 9.17) is 4.74 Å². The number of nitrogens with one attached hydrogen (secondary N) is 1. The molecule has 1 aliphatic rings. The Balaban J connectivity index is 1.31. The number of ether oxygens (including phenoxy) is 1. The molecule has 1 aromatic carbocycles. The van der Waals surface area contributed by atoms with Crippen molar-refractivity contribution >= 4 is 5.91 Å². The maximum absolute atomic E-state index is 12.5. The smallest absolute Gasteiger partial charge is 0.346 e. The molecule has 0 saturated heterocycles. The van der Waals surface area contributed by atoms with Gasteiger partial charge in [0.2, 0.25) is 5.91 Å². The first-order valence-corrected chi connectivity index (χ1v) is 10.2. The number of carbonyl (C=O) groups is 1. The number of fused-ring (bicyclic) bond motifs is 1. The first-order chi connectivity index (χ1) is 14.7. The number of aryl methyl sites for hydroxylation is 1. The summed E-state index contributed by atoms with van der Waals surface area (Å²) in [5.41, 5.74) is 1.56. The molecule has 0 fully saturated rings. The summed E-state index contributed by atoms with van der Waals surface area (Å²) in [6.07, 6.45) is 5.63. The van der Waals surface area contributed by atoms with E-state index in [2.05, 4.69) is 15.4 Å². The molecule has 0 unspecified atom stereocenters. The molecule has 0 atom stereocenters. The molecule has 0 saturated carbocycles. The average molecular weight is 407 g/mol. The Kier molecular flexibility index (Phi) is 6.22. The molecule has 4 rings (SSSR count). The summed E-state index contributed by atoms with van der Waals surface area (Å²) < 4.78 is 8.74. The Morgan fingerprint density at radius 1 is 1.13 bits per heavy atom. The van der Waals surface area contributed by atoms with Gasteiger partial charge in [0, 0.05) is 25.7 Å². The molecule has 0 radical (unpaired) electrons. The van der Waals surface area contributed by atoms with E-state index < -0.39 is 0 Å². The summed E-state index contributed by atoms with van der Waals surface area (Å²) in [6.45, 7) is 1.34. The molecule has 8 heteroatoms. The molecule has 1 amide bonds. The van der Waals surface area contributed by atoms with Gasteiger partial charge < -0.3 is 10.1 Å². The van der Waals surface area contributed by atoms with Crippen LogP contribution in [0.2, 0.25) is 0 Å². The molecule has 156 valence electrons. The highest BCUT2D eigenvalue weighted by atomic mass is 16.5. The quantitative estimate of drug-likeness (QED) is 0.647. The number of aromatic nitrogens is 4. The van der Waals surface area contributed by atoms with E-state index in [0.717, 1.165) is 42.8 Å². The van der Waals surface area contributed by atoms with Gasteiger partial charge >= 0.3 is 5.69 Å². The monoisotopic (exact) mass is 407 g/mol. The van der Waals surface area contributed by atoms with Crippen LogP contribution in [0.5, 0.6) is 5.75 Å². The molecule has 3 aromatic rings. The van der Waals surface area contributed by atoms with E-state index >= 15 is 0 Å². The summed E-state index contributed by atoms with van der Waals surface area (Å²) >= 11 is 0. The summed E-state index contributed by atoms with van der Waals surface area (Å²) in [5.74, 6) is 1.25. The van der Waals surface area contributed by atoms with E-state index in [1.165, 1.54) is 4.68 Å². The van der Waals surface area contributed by atoms with Gasteiger partial charge in [0.25, 0.3) is 0 Å². The third-order valence-electron chi connectivity index (χ3n) is 5.08. The zero-order valence-corrected chi connectivity index (χ0v) is 16.8. The van der Waals surface area contributed by atoms with Gasteiger partial charge in [0.1, 0.15) is 24.7 Å². The van der Waals surface area contributed by atoms with Crippen LogP contribution in [0, 0.1) is 0 Å². The van der Waals surface area contributed by atoms with E-state index in [1.54, 1.807) is 10.8 Å². The number of carbonyl (C=O) groups excluding carboxylic acids is 1. The molecular weight excluding hydrogens is 382 g/mol. The first-order valence-electron chi connectivity index (χ1n) is 10.2. The molecule has 0 aliphatic carbocycles. The summed E-state index contributed by atoms with van der Waals surface area (Å²) in [6, 6.07) is 13.2. The van der Waals surface area contributed by atoms with Crippen LogP contribution >= 0.6 is 0 Å². The second-order valence-electron chi connectivity index (χ2n) is 7.35. The van der Waals surface area contributed by atoms with Crippen LogP contribution in [0.4, 0.5) is 0 Å². The molecule has 8 nitrogen and oxygen atoms in total. The topological polar surface area (TPSA) is 91.0 Å². The molecule has 30 heavy (non-hydrogen) atoms. The number of hydrogen-bond acceptors (Lipinski definition) is 5. The van der Waals surface area contributed by atoms with E-state index in [9.17, 15) is 9.59 Å². The molecule has 1 aliphatic heterocycles. The highest BCUT2D eigenvalue weighted by Crippen LogP contribution is 2.15. The van der Waals surface area contributed by atoms with Crippen LogP contribution in [0.3, 0.4) is 0 Å². The Labute approximate surface area is 174 Å². The van der Waals surface area contributed by atoms with Gasteiger partial charge in [-0.3, -0.25) is 14.3 Å². The van der Waals surface area contributed by atoms with E-state index in [-0.39, 0.29) is 18.1 Å². The number of amides is 1. The average Bonchev–Trinajstić information content (AvgIpc) is 2.93. The minimum atomic E-state index is -0.245. The zero-order chi connectivity index (χ0) is 20.8. The zero-order valence-electron chi connectivity index (χ0n) is 16.8. The van der Waals surface area contributed by atoms with E-state index in [0.29, 0.717) is 25.4 Å². The fourth-order valence-corrected chi connectivity index (χ4v) is 3.51. The maximum Gasteiger partial charge on any atom is 0.346 e. The van der Waals surface area contributed by atoms with Gasteiger partial charge in [0.15, 0.2) is 0 Å². The maximum atomic E-state index is 12.5. The predicted octanol–water partition coefficient (Wildman–Crippen LogP) is 2.06. The van der Waals surface area contributed by atoms with Crippen molar-refractivity contribution in [3.63, 3.8) is 0 Å². The number of pyridine rings is 1. The molecule has 0 bridgehead atoms. The van der Waals surface area contributed by atoms with Crippen LogP contribution in [0.25, 0.3) is 0 Å². The van der Waals surface area contributed by atoms with Crippen LogP contribution in [0.15, 0.2) is 53.5 Å². The van der Waals surface area contributed by atoms with Crippen LogP contribution < -0.4 is 15.7 Å². The van der Waals surface area contributed by atoms with Crippen molar-refractivity contribution in [2.75, 3.05) is 0 Å². The summed E-state index contributed by atoms with van der Waals surface area (Å²) in [5, 5.41) is 7.21. The standard InChI is InChI=1S/C22H25N5O3/c28-21(15-27-22(29)26-12-5-1-2-10-20(26)25-27)24-14-17-7-6-9-19(13-17)30-16-18-8-3-4-11-23-18/h3-4,6-9,11,13H,1-2,5,10,12,14-16H2,(H,24,28). The van der Waals surface area contributed by atoms with Crippen molar-refractivity contribution in [3.8, 4) is 5.75 Å². The van der Waals surface area contributed by atoms with Crippen molar-refractivity contribution in [1.29, 1.82) is 0 Å². The number of rotatable bonds is 7. The lowest BCUT2D eigenvalue weighted by molar-refractivity contribution is -0.122. The molecule has 2 aromatic heterocycles. The second-order valence-corrected chi connectivity index (χ2v) is 7.35. The third kappa shape index (κ3) is 4.94. The largest absolute Gasteiger partial charge is 0.487 e. The lowest BCUT2D eigenvalue weighted by Crippen LogP contribution is -2.33. The summed E-state index contributed by atoms with van der Waals surface area (Å²) in [7, 11) is 0. The van der Waals surface area contributed by atoms with E-state index in [1.807, 2.05) is 42.5 Å². The number of hydrogen-bond donors (Lipinski definition) is 1. The lowest BCUT2D eigenvalue weighted by Gasteiger charge is -2.09. The minimum absolute atomic E-state index is 0.0747. The Morgan fingerprint density at radius 3 is 2.93 bits per heavy atom. The predicted molar refractivity (Wildman–Crippen MR) is 111 cm³/mol. The molecule has 0 spiro atoms. The highest BCUT2D eigenvalue weighted by molar-refractivity contribution is 5.75.